The van der Waals surface area contributed by atoms with Gasteiger partial charge in [-0.15, -0.1) is 0 Å². The molecule has 0 aromatic heterocycles. The van der Waals surface area contributed by atoms with E-state index < -0.39 is 0 Å². The minimum atomic E-state index is 0.117. The molecule has 1 aromatic carbocycles. The van der Waals surface area contributed by atoms with E-state index in [1.54, 1.807) is 12.1 Å². The fourth-order valence-corrected chi connectivity index (χ4v) is 3.63. The van der Waals surface area contributed by atoms with E-state index in [-0.39, 0.29) is 17.5 Å². The van der Waals surface area contributed by atoms with Crippen LogP contribution < -0.4 is 5.32 Å². The van der Waals surface area contributed by atoms with Crippen molar-refractivity contribution in [2.24, 2.45) is 0 Å². The summed E-state index contributed by atoms with van der Waals surface area (Å²) in [7, 11) is 0. The van der Waals surface area contributed by atoms with Gasteiger partial charge in [0, 0.05) is 23.4 Å². The molecule has 100 valence electrons. The number of hydrogen-bond acceptors (Lipinski definition) is 4. The summed E-state index contributed by atoms with van der Waals surface area (Å²) in [5, 5.41) is 23.3. The minimum Gasteiger partial charge on any atom is -0.508 e. The molecule has 2 rings (SSSR count). The molecule has 18 heavy (non-hydrogen) atoms. The molecule has 3 atom stereocenters. The normalized spacial score (nSPS) is 25.2. The van der Waals surface area contributed by atoms with Crippen LogP contribution >= 0.6 is 11.8 Å². The number of aromatic hydroxyl groups is 2. The Morgan fingerprint density at radius 1 is 1.22 bits per heavy atom. The Bertz CT molecular complexity index is 391. The standard InChI is InChI=1S/C14H21NO2S/c1-9(10-6-11(16)8-12(17)7-10)15-13-4-3-5-14(13)18-2/h6-9,13-17H,3-5H2,1-2H3. The van der Waals surface area contributed by atoms with Crippen LogP contribution in [0.3, 0.4) is 0 Å². The van der Waals surface area contributed by atoms with E-state index in [1.807, 2.05) is 11.8 Å². The highest BCUT2D eigenvalue weighted by Gasteiger charge is 2.27. The minimum absolute atomic E-state index is 0.117. The summed E-state index contributed by atoms with van der Waals surface area (Å²) in [6.07, 6.45) is 5.92. The second-order valence-electron chi connectivity index (χ2n) is 4.98. The molecule has 3 N–H and O–H groups in total. The maximum atomic E-state index is 9.51. The Labute approximate surface area is 113 Å². The van der Waals surface area contributed by atoms with E-state index in [0.29, 0.717) is 11.3 Å². The molecule has 3 unspecified atom stereocenters. The van der Waals surface area contributed by atoms with Crippen molar-refractivity contribution < 1.29 is 10.2 Å². The molecule has 1 aliphatic rings. The predicted molar refractivity (Wildman–Crippen MR) is 76.3 cm³/mol. The van der Waals surface area contributed by atoms with Gasteiger partial charge in [-0.25, -0.2) is 0 Å². The molecule has 1 saturated carbocycles. The number of phenolic OH excluding ortho intramolecular Hbond substituents is 2. The molecule has 0 heterocycles. The van der Waals surface area contributed by atoms with Crippen molar-refractivity contribution in [2.75, 3.05) is 6.26 Å². The van der Waals surface area contributed by atoms with Gasteiger partial charge in [-0.3, -0.25) is 0 Å². The lowest BCUT2D eigenvalue weighted by molar-refractivity contribution is 0.438. The molecule has 0 aliphatic heterocycles. The van der Waals surface area contributed by atoms with E-state index in [2.05, 4.69) is 18.5 Å². The third kappa shape index (κ3) is 3.12. The molecule has 0 radical (unpaired) electrons. The van der Waals surface area contributed by atoms with Gasteiger partial charge in [0.25, 0.3) is 0 Å². The van der Waals surface area contributed by atoms with Crippen LogP contribution in [0.2, 0.25) is 0 Å². The Balaban J connectivity index is 2.04. The zero-order valence-corrected chi connectivity index (χ0v) is 11.7. The molecule has 4 heteroatoms. The third-order valence-corrected chi connectivity index (χ3v) is 4.81. The Kier molecular flexibility index (Phi) is 4.40. The molecule has 0 spiro atoms. The summed E-state index contributed by atoms with van der Waals surface area (Å²) in [6, 6.07) is 5.44. The van der Waals surface area contributed by atoms with Crippen molar-refractivity contribution in [3.8, 4) is 11.5 Å². The largest absolute Gasteiger partial charge is 0.508 e. The van der Waals surface area contributed by atoms with Crippen molar-refractivity contribution in [2.45, 2.75) is 43.5 Å². The van der Waals surface area contributed by atoms with Crippen LogP contribution in [0, 0.1) is 0 Å². The molecule has 0 bridgehead atoms. The van der Waals surface area contributed by atoms with Gasteiger partial charge in [0.05, 0.1) is 0 Å². The summed E-state index contributed by atoms with van der Waals surface area (Å²) < 4.78 is 0. The topological polar surface area (TPSA) is 52.5 Å². The lowest BCUT2D eigenvalue weighted by Crippen LogP contribution is -2.35. The van der Waals surface area contributed by atoms with Crippen LogP contribution in [-0.2, 0) is 0 Å². The summed E-state index contributed by atoms with van der Waals surface area (Å²) >= 11 is 1.92. The SMILES string of the molecule is CSC1CCCC1NC(C)c1cc(O)cc(O)c1. The fraction of sp³-hybridized carbons (Fsp3) is 0.571. The van der Waals surface area contributed by atoms with Crippen molar-refractivity contribution >= 4 is 11.8 Å². The van der Waals surface area contributed by atoms with E-state index in [1.165, 1.54) is 25.3 Å². The van der Waals surface area contributed by atoms with Gasteiger partial charge >= 0.3 is 0 Å². The van der Waals surface area contributed by atoms with Gasteiger partial charge in [-0.2, -0.15) is 11.8 Å². The zero-order valence-electron chi connectivity index (χ0n) is 10.9. The average molecular weight is 267 g/mol. The number of phenols is 2. The van der Waals surface area contributed by atoms with Crippen LogP contribution in [-0.4, -0.2) is 27.8 Å². The van der Waals surface area contributed by atoms with Crippen LogP contribution in [0.25, 0.3) is 0 Å². The summed E-state index contributed by atoms with van der Waals surface area (Å²) in [6.45, 7) is 2.07. The lowest BCUT2D eigenvalue weighted by Gasteiger charge is -2.24. The molecule has 1 aromatic rings. The lowest BCUT2D eigenvalue weighted by atomic mass is 10.1. The van der Waals surface area contributed by atoms with Gasteiger partial charge < -0.3 is 15.5 Å². The molecule has 1 fully saturated rings. The highest BCUT2D eigenvalue weighted by molar-refractivity contribution is 7.99. The van der Waals surface area contributed by atoms with Crippen molar-refractivity contribution in [3.63, 3.8) is 0 Å². The van der Waals surface area contributed by atoms with E-state index in [9.17, 15) is 10.2 Å². The number of benzene rings is 1. The monoisotopic (exact) mass is 267 g/mol. The Hall–Kier alpha value is -0.870. The number of nitrogens with one attached hydrogen (secondary N) is 1. The van der Waals surface area contributed by atoms with E-state index >= 15 is 0 Å². The quantitative estimate of drug-likeness (QED) is 0.785. The van der Waals surface area contributed by atoms with Crippen molar-refractivity contribution in [3.05, 3.63) is 23.8 Å². The molecule has 3 nitrogen and oxygen atoms in total. The van der Waals surface area contributed by atoms with Crippen LogP contribution in [0.1, 0.15) is 37.8 Å². The zero-order chi connectivity index (χ0) is 13.1. The second-order valence-corrected chi connectivity index (χ2v) is 6.06. The van der Waals surface area contributed by atoms with Crippen LogP contribution in [0.15, 0.2) is 18.2 Å². The first-order valence-corrected chi connectivity index (χ1v) is 7.70. The van der Waals surface area contributed by atoms with Crippen LogP contribution in [0.5, 0.6) is 11.5 Å². The van der Waals surface area contributed by atoms with Crippen molar-refractivity contribution in [1.29, 1.82) is 0 Å². The third-order valence-electron chi connectivity index (χ3n) is 3.64. The number of hydrogen-bond donors (Lipinski definition) is 3. The summed E-state index contributed by atoms with van der Waals surface area (Å²) in [4.78, 5) is 0. The average Bonchev–Trinajstić information content (AvgIpc) is 2.75. The second kappa shape index (κ2) is 5.85. The van der Waals surface area contributed by atoms with Crippen molar-refractivity contribution in [1.82, 2.24) is 5.32 Å². The van der Waals surface area contributed by atoms with E-state index in [4.69, 9.17) is 0 Å². The van der Waals surface area contributed by atoms with Crippen LogP contribution in [0.4, 0.5) is 0 Å². The van der Waals surface area contributed by atoms with Gasteiger partial charge in [-0.1, -0.05) is 6.42 Å². The smallest absolute Gasteiger partial charge is 0.119 e. The molecular weight excluding hydrogens is 246 g/mol. The molecule has 0 amide bonds. The first kappa shape index (κ1) is 13.6. The van der Waals surface area contributed by atoms with Gasteiger partial charge in [0.15, 0.2) is 0 Å². The fourth-order valence-electron chi connectivity index (χ4n) is 2.68. The van der Waals surface area contributed by atoms with Gasteiger partial charge in [0.2, 0.25) is 0 Å². The van der Waals surface area contributed by atoms with Gasteiger partial charge in [-0.05, 0) is 43.7 Å². The molecule has 1 aliphatic carbocycles. The molecular formula is C14H21NO2S. The first-order valence-electron chi connectivity index (χ1n) is 6.42. The predicted octanol–water partition coefficient (Wildman–Crippen LogP) is 3.03. The Morgan fingerprint density at radius 3 is 2.50 bits per heavy atom. The number of thioether (sulfide) groups is 1. The summed E-state index contributed by atoms with van der Waals surface area (Å²) in [5.74, 6) is 0.234. The summed E-state index contributed by atoms with van der Waals surface area (Å²) in [5.41, 5.74) is 0.930. The Morgan fingerprint density at radius 2 is 1.89 bits per heavy atom. The molecule has 0 saturated heterocycles. The van der Waals surface area contributed by atoms with E-state index in [0.717, 1.165) is 5.56 Å². The first-order chi connectivity index (χ1) is 8.60. The van der Waals surface area contributed by atoms with Gasteiger partial charge in [0.1, 0.15) is 11.5 Å². The maximum Gasteiger partial charge on any atom is 0.119 e. The maximum absolute atomic E-state index is 9.51. The number of rotatable bonds is 4. The highest BCUT2D eigenvalue weighted by Crippen LogP contribution is 2.31. The highest BCUT2D eigenvalue weighted by atomic mass is 32.2.